The van der Waals surface area contributed by atoms with Crippen LogP contribution in [0.2, 0.25) is 0 Å². The lowest BCUT2D eigenvalue weighted by atomic mass is 9.96. The Kier molecular flexibility index (Phi) is 3.86. The predicted octanol–water partition coefficient (Wildman–Crippen LogP) is 3.80. The Balaban J connectivity index is 1.57. The van der Waals surface area contributed by atoms with Gasteiger partial charge in [-0.2, -0.15) is 0 Å². The van der Waals surface area contributed by atoms with Gasteiger partial charge in [0.2, 0.25) is 0 Å². The number of nitrogens with zero attached hydrogens (tertiary/aromatic N) is 3. The zero-order valence-electron chi connectivity index (χ0n) is 15.0. The molecule has 3 heterocycles. The molecule has 5 nitrogen and oxygen atoms in total. The van der Waals surface area contributed by atoms with E-state index in [1.807, 2.05) is 56.3 Å². The molecule has 25 heavy (non-hydrogen) atoms. The Hall–Kier alpha value is -2.56. The van der Waals surface area contributed by atoms with Crippen molar-refractivity contribution in [2.45, 2.75) is 32.6 Å². The van der Waals surface area contributed by atoms with Crippen molar-refractivity contribution in [3.8, 4) is 0 Å². The van der Waals surface area contributed by atoms with E-state index in [0.29, 0.717) is 5.92 Å². The van der Waals surface area contributed by atoms with Gasteiger partial charge in [-0.1, -0.05) is 0 Å². The van der Waals surface area contributed by atoms with E-state index in [0.717, 1.165) is 59.7 Å². The molecule has 0 saturated carbocycles. The monoisotopic (exact) mass is 337 g/mol. The summed E-state index contributed by atoms with van der Waals surface area (Å²) in [5.41, 5.74) is 2.58. The van der Waals surface area contributed by atoms with Gasteiger partial charge in [0.15, 0.2) is 0 Å². The van der Waals surface area contributed by atoms with Crippen molar-refractivity contribution in [2.24, 2.45) is 7.05 Å². The molecule has 0 bridgehead atoms. The maximum Gasteiger partial charge on any atom is 0.253 e. The van der Waals surface area contributed by atoms with Gasteiger partial charge in [0.1, 0.15) is 17.2 Å². The molecule has 1 atom stereocenters. The van der Waals surface area contributed by atoms with Crippen LogP contribution in [0.15, 0.2) is 34.9 Å². The summed E-state index contributed by atoms with van der Waals surface area (Å²) in [7, 11) is 2.03. The number of benzene rings is 1. The molecular formula is C20H23N3O2. The number of hydrogen-bond donors (Lipinski definition) is 0. The van der Waals surface area contributed by atoms with Crippen molar-refractivity contribution in [1.29, 1.82) is 0 Å². The van der Waals surface area contributed by atoms with Gasteiger partial charge in [-0.3, -0.25) is 4.79 Å². The second-order valence-electron chi connectivity index (χ2n) is 7.05. The molecule has 4 rings (SSSR count). The Morgan fingerprint density at radius 3 is 2.88 bits per heavy atom. The van der Waals surface area contributed by atoms with Crippen LogP contribution in [0.25, 0.3) is 11.0 Å². The first-order valence-corrected chi connectivity index (χ1v) is 8.80. The average Bonchev–Trinajstić information content (AvgIpc) is 3.14. The molecule has 0 radical (unpaired) electrons. The van der Waals surface area contributed by atoms with Gasteiger partial charge >= 0.3 is 0 Å². The van der Waals surface area contributed by atoms with Crippen LogP contribution in [0.4, 0.5) is 0 Å². The number of aromatic nitrogens is 2. The second kappa shape index (κ2) is 6.06. The number of furan rings is 1. The molecule has 5 heteroatoms. The first kappa shape index (κ1) is 15.9. The molecule has 3 aromatic rings. The highest BCUT2D eigenvalue weighted by atomic mass is 16.3. The van der Waals surface area contributed by atoms with Gasteiger partial charge in [-0.25, -0.2) is 4.98 Å². The summed E-state index contributed by atoms with van der Waals surface area (Å²) < 4.78 is 7.69. The van der Waals surface area contributed by atoms with Crippen molar-refractivity contribution in [2.75, 3.05) is 13.1 Å². The van der Waals surface area contributed by atoms with Crippen LogP contribution < -0.4 is 0 Å². The van der Waals surface area contributed by atoms with Crippen molar-refractivity contribution in [1.82, 2.24) is 14.5 Å². The van der Waals surface area contributed by atoms with Gasteiger partial charge < -0.3 is 13.9 Å². The maximum absolute atomic E-state index is 13.0. The zero-order chi connectivity index (χ0) is 17.6. The summed E-state index contributed by atoms with van der Waals surface area (Å²) in [4.78, 5) is 19.6. The molecule has 0 N–H and O–H groups in total. The van der Waals surface area contributed by atoms with Gasteiger partial charge in [-0.05, 0) is 51.0 Å². The third-order valence-corrected chi connectivity index (χ3v) is 4.99. The molecule has 1 aliphatic heterocycles. The van der Waals surface area contributed by atoms with Crippen molar-refractivity contribution >= 4 is 16.9 Å². The number of carbonyl (C=O) groups is 1. The summed E-state index contributed by atoms with van der Waals surface area (Å²) in [6.07, 6.45) is 4.13. The number of imidazole rings is 1. The summed E-state index contributed by atoms with van der Waals surface area (Å²) in [5, 5.41) is 0.983. The van der Waals surface area contributed by atoms with Crippen LogP contribution >= 0.6 is 0 Å². The van der Waals surface area contributed by atoms with E-state index in [1.165, 1.54) is 0 Å². The van der Waals surface area contributed by atoms with E-state index in [2.05, 4.69) is 9.55 Å². The quantitative estimate of drug-likeness (QED) is 0.714. The Bertz CT molecular complexity index is 938. The fraction of sp³-hybridized carbons (Fsp3) is 0.400. The molecule has 130 valence electrons. The molecule has 0 spiro atoms. The van der Waals surface area contributed by atoms with Crippen LogP contribution in [0.5, 0.6) is 0 Å². The fourth-order valence-corrected chi connectivity index (χ4v) is 3.88. The highest BCUT2D eigenvalue weighted by Gasteiger charge is 2.28. The molecule has 0 unspecified atom stereocenters. The number of fused-ring (bicyclic) bond motifs is 1. The molecule has 1 fully saturated rings. The lowest BCUT2D eigenvalue weighted by molar-refractivity contribution is 0.0703. The Morgan fingerprint density at radius 2 is 2.12 bits per heavy atom. The van der Waals surface area contributed by atoms with Crippen LogP contribution in [0.1, 0.15) is 46.4 Å². The van der Waals surface area contributed by atoms with E-state index in [1.54, 1.807) is 0 Å². The largest absolute Gasteiger partial charge is 0.461 e. The fourth-order valence-electron chi connectivity index (χ4n) is 3.88. The van der Waals surface area contributed by atoms with Crippen LogP contribution in [0, 0.1) is 13.8 Å². The van der Waals surface area contributed by atoms with Gasteiger partial charge in [0.25, 0.3) is 5.91 Å². The third kappa shape index (κ3) is 2.95. The van der Waals surface area contributed by atoms with Crippen molar-refractivity contribution in [3.63, 3.8) is 0 Å². The number of likely N-dealkylation sites (tertiary alicyclic amines) is 1. The Morgan fingerprint density at radius 1 is 1.28 bits per heavy atom. The standard InChI is InChI=1S/C20H23N3O2/c1-13-11-22(3)19(21-13)16-5-4-8-23(12-16)20(24)15-6-7-18-17(10-15)9-14(2)25-18/h6-7,9-11,16H,4-5,8,12H2,1-3H3/t16-/m1/s1. The number of piperidine rings is 1. The highest BCUT2D eigenvalue weighted by molar-refractivity contribution is 5.98. The van der Waals surface area contributed by atoms with Crippen molar-refractivity contribution in [3.05, 3.63) is 53.3 Å². The van der Waals surface area contributed by atoms with Gasteiger partial charge in [-0.15, -0.1) is 0 Å². The minimum atomic E-state index is 0.0939. The van der Waals surface area contributed by atoms with E-state index in [-0.39, 0.29) is 5.91 Å². The molecule has 1 aromatic carbocycles. The molecular weight excluding hydrogens is 314 g/mol. The topological polar surface area (TPSA) is 51.3 Å². The van der Waals surface area contributed by atoms with E-state index >= 15 is 0 Å². The molecule has 1 aliphatic rings. The minimum Gasteiger partial charge on any atom is -0.461 e. The van der Waals surface area contributed by atoms with Gasteiger partial charge in [0, 0.05) is 43.2 Å². The Labute approximate surface area is 147 Å². The molecule has 1 amide bonds. The number of amides is 1. The lowest BCUT2D eigenvalue weighted by Gasteiger charge is -2.32. The third-order valence-electron chi connectivity index (χ3n) is 4.99. The normalized spacial score (nSPS) is 18.0. The minimum absolute atomic E-state index is 0.0939. The summed E-state index contributed by atoms with van der Waals surface area (Å²) >= 11 is 0. The maximum atomic E-state index is 13.0. The summed E-state index contributed by atoms with van der Waals surface area (Å²) in [6.45, 7) is 5.47. The second-order valence-corrected chi connectivity index (χ2v) is 7.05. The van der Waals surface area contributed by atoms with Crippen LogP contribution in [0.3, 0.4) is 0 Å². The molecule has 2 aromatic heterocycles. The van der Waals surface area contributed by atoms with E-state index < -0.39 is 0 Å². The van der Waals surface area contributed by atoms with Gasteiger partial charge in [0.05, 0.1) is 5.69 Å². The lowest BCUT2D eigenvalue weighted by Crippen LogP contribution is -2.39. The van der Waals surface area contributed by atoms with E-state index in [4.69, 9.17) is 4.42 Å². The SMILES string of the molecule is Cc1cn(C)c([C@@H]2CCCN(C(=O)c3ccc4oc(C)cc4c3)C2)n1. The number of aryl methyl sites for hydroxylation is 3. The zero-order valence-corrected chi connectivity index (χ0v) is 15.0. The highest BCUT2D eigenvalue weighted by Crippen LogP contribution is 2.28. The first-order chi connectivity index (χ1) is 12.0. The summed E-state index contributed by atoms with van der Waals surface area (Å²) in [5.74, 6) is 2.34. The number of rotatable bonds is 2. The van der Waals surface area contributed by atoms with Crippen LogP contribution in [-0.4, -0.2) is 33.4 Å². The predicted molar refractivity (Wildman–Crippen MR) is 96.8 cm³/mol. The summed E-state index contributed by atoms with van der Waals surface area (Å²) in [6, 6.07) is 7.66. The first-order valence-electron chi connectivity index (χ1n) is 8.80. The number of hydrogen-bond acceptors (Lipinski definition) is 3. The van der Waals surface area contributed by atoms with Crippen molar-refractivity contribution < 1.29 is 9.21 Å². The van der Waals surface area contributed by atoms with Crippen LogP contribution in [-0.2, 0) is 7.05 Å². The van der Waals surface area contributed by atoms with E-state index in [9.17, 15) is 4.79 Å². The smallest absolute Gasteiger partial charge is 0.253 e. The molecule has 0 aliphatic carbocycles. The molecule has 1 saturated heterocycles. The number of carbonyl (C=O) groups excluding carboxylic acids is 1. The average molecular weight is 337 g/mol.